The van der Waals surface area contributed by atoms with Gasteiger partial charge in [0, 0.05) is 24.2 Å². The van der Waals surface area contributed by atoms with Crippen LogP contribution in [0.15, 0.2) is 22.7 Å². The van der Waals surface area contributed by atoms with E-state index in [0.29, 0.717) is 18.1 Å². The Morgan fingerprint density at radius 3 is 3.05 bits per heavy atom. The highest BCUT2D eigenvalue weighted by Gasteiger charge is 2.19. The lowest BCUT2D eigenvalue weighted by molar-refractivity contribution is 0.0153. The minimum atomic E-state index is 0.194. The number of benzene rings is 1. The zero-order valence-corrected chi connectivity index (χ0v) is 11.5. The van der Waals surface area contributed by atoms with Gasteiger partial charge in [-0.25, -0.2) is 0 Å². The van der Waals surface area contributed by atoms with Gasteiger partial charge >= 0.3 is 0 Å². The van der Waals surface area contributed by atoms with Crippen LogP contribution in [-0.4, -0.2) is 28.0 Å². The summed E-state index contributed by atoms with van der Waals surface area (Å²) in [5.74, 6) is 1.34. The van der Waals surface area contributed by atoms with Gasteiger partial charge in [0.05, 0.1) is 6.10 Å². The van der Waals surface area contributed by atoms with Crippen LogP contribution in [0.4, 0.5) is 0 Å². The first kappa shape index (κ1) is 13.1. The maximum absolute atomic E-state index is 9.72. The molecule has 1 aliphatic rings. The van der Waals surface area contributed by atoms with Gasteiger partial charge in [-0.1, -0.05) is 11.2 Å². The van der Waals surface area contributed by atoms with Gasteiger partial charge in [0.2, 0.25) is 0 Å². The molecule has 1 fully saturated rings. The molecule has 2 heterocycles. The van der Waals surface area contributed by atoms with Gasteiger partial charge in [-0.15, -0.1) is 0 Å². The maximum Gasteiger partial charge on any atom is 0.258 e. The highest BCUT2D eigenvalue weighted by molar-refractivity contribution is 5.61. The summed E-state index contributed by atoms with van der Waals surface area (Å²) in [4.78, 5) is 4.41. The molecule has 1 atom stereocenters. The monoisotopic (exact) mass is 274 g/mol. The fourth-order valence-electron chi connectivity index (χ4n) is 2.47. The smallest absolute Gasteiger partial charge is 0.258 e. The molecule has 3 rings (SSSR count). The van der Waals surface area contributed by atoms with Crippen LogP contribution in [0.1, 0.15) is 30.7 Å². The number of aromatic hydroxyl groups is 1. The van der Waals surface area contributed by atoms with Gasteiger partial charge in [0.25, 0.3) is 5.89 Å². The SMILES string of the molecule is Cc1c(O)cccc1-c1nc(CC2CCCCO2)no1. The Morgan fingerprint density at radius 1 is 1.35 bits per heavy atom. The topological polar surface area (TPSA) is 68.4 Å². The highest BCUT2D eigenvalue weighted by Crippen LogP contribution is 2.28. The molecule has 0 radical (unpaired) electrons. The number of phenols is 1. The lowest BCUT2D eigenvalue weighted by atomic mass is 10.1. The molecule has 0 saturated carbocycles. The van der Waals surface area contributed by atoms with Crippen molar-refractivity contribution in [1.29, 1.82) is 0 Å². The molecule has 0 spiro atoms. The summed E-state index contributed by atoms with van der Waals surface area (Å²) >= 11 is 0. The van der Waals surface area contributed by atoms with Crippen molar-refractivity contribution < 1.29 is 14.4 Å². The predicted octanol–water partition coefficient (Wildman–Crippen LogP) is 2.86. The first-order chi connectivity index (χ1) is 9.74. The van der Waals surface area contributed by atoms with Crippen molar-refractivity contribution in [2.45, 2.75) is 38.7 Å². The van der Waals surface area contributed by atoms with Gasteiger partial charge in [-0.05, 0) is 38.3 Å². The number of nitrogens with zero attached hydrogens (tertiary/aromatic N) is 2. The molecule has 1 unspecified atom stereocenters. The molecule has 1 aromatic carbocycles. The number of hydrogen-bond donors (Lipinski definition) is 1. The summed E-state index contributed by atoms with van der Waals surface area (Å²) in [6, 6.07) is 5.28. The summed E-state index contributed by atoms with van der Waals surface area (Å²) in [5, 5.41) is 13.7. The molecule has 5 heteroatoms. The van der Waals surface area contributed by atoms with Crippen molar-refractivity contribution in [3.05, 3.63) is 29.6 Å². The zero-order chi connectivity index (χ0) is 13.9. The summed E-state index contributed by atoms with van der Waals surface area (Å²) < 4.78 is 11.0. The largest absolute Gasteiger partial charge is 0.508 e. The Hall–Kier alpha value is -1.88. The number of ether oxygens (including phenoxy) is 1. The molecule has 1 aromatic heterocycles. The molecule has 2 aromatic rings. The van der Waals surface area contributed by atoms with Crippen molar-refractivity contribution in [3.8, 4) is 17.2 Å². The van der Waals surface area contributed by atoms with Crippen LogP contribution < -0.4 is 0 Å². The fourth-order valence-corrected chi connectivity index (χ4v) is 2.47. The third-order valence-electron chi connectivity index (χ3n) is 3.69. The minimum absolute atomic E-state index is 0.194. The van der Waals surface area contributed by atoms with Crippen molar-refractivity contribution in [1.82, 2.24) is 10.1 Å². The standard InChI is InChI=1S/C15H18N2O3/c1-10-12(6-4-7-13(10)18)15-16-14(17-20-15)9-11-5-2-3-8-19-11/h4,6-7,11,18H,2-3,5,8-9H2,1H3. The minimum Gasteiger partial charge on any atom is -0.508 e. The fraction of sp³-hybridized carbons (Fsp3) is 0.467. The quantitative estimate of drug-likeness (QED) is 0.932. The summed E-state index contributed by atoms with van der Waals surface area (Å²) in [5.41, 5.74) is 1.52. The first-order valence-electron chi connectivity index (χ1n) is 6.97. The molecule has 0 aliphatic carbocycles. The Morgan fingerprint density at radius 2 is 2.25 bits per heavy atom. The van der Waals surface area contributed by atoms with E-state index in [1.807, 2.05) is 13.0 Å². The third-order valence-corrected chi connectivity index (χ3v) is 3.69. The molecule has 1 N–H and O–H groups in total. The number of hydrogen-bond acceptors (Lipinski definition) is 5. The van der Waals surface area contributed by atoms with Crippen LogP contribution in [0.25, 0.3) is 11.5 Å². The van der Waals surface area contributed by atoms with E-state index in [-0.39, 0.29) is 11.9 Å². The van der Waals surface area contributed by atoms with E-state index < -0.39 is 0 Å². The van der Waals surface area contributed by atoms with Crippen LogP contribution in [0, 0.1) is 6.92 Å². The van der Waals surface area contributed by atoms with E-state index in [9.17, 15) is 5.11 Å². The van der Waals surface area contributed by atoms with Gasteiger partial charge < -0.3 is 14.4 Å². The average Bonchev–Trinajstić information content (AvgIpc) is 2.91. The number of aromatic nitrogens is 2. The Kier molecular flexibility index (Phi) is 3.69. The van der Waals surface area contributed by atoms with E-state index in [0.717, 1.165) is 30.6 Å². The van der Waals surface area contributed by atoms with E-state index in [1.165, 1.54) is 6.42 Å². The molecule has 5 nitrogen and oxygen atoms in total. The third kappa shape index (κ3) is 2.67. The molecule has 20 heavy (non-hydrogen) atoms. The van der Waals surface area contributed by atoms with E-state index in [4.69, 9.17) is 9.26 Å². The maximum atomic E-state index is 9.72. The van der Waals surface area contributed by atoms with Crippen LogP contribution in [0.3, 0.4) is 0 Å². The first-order valence-corrected chi connectivity index (χ1v) is 6.97. The molecule has 106 valence electrons. The lowest BCUT2D eigenvalue weighted by Gasteiger charge is -2.20. The van der Waals surface area contributed by atoms with E-state index in [1.54, 1.807) is 12.1 Å². The number of rotatable bonds is 3. The lowest BCUT2D eigenvalue weighted by Crippen LogP contribution is -2.21. The Labute approximate surface area is 117 Å². The summed E-state index contributed by atoms with van der Waals surface area (Å²) in [7, 11) is 0. The van der Waals surface area contributed by atoms with Crippen molar-refractivity contribution >= 4 is 0 Å². The van der Waals surface area contributed by atoms with Gasteiger partial charge in [0.15, 0.2) is 5.82 Å². The van der Waals surface area contributed by atoms with Crippen molar-refractivity contribution in [3.63, 3.8) is 0 Å². The van der Waals surface area contributed by atoms with Crippen LogP contribution >= 0.6 is 0 Å². The molecule has 0 amide bonds. The predicted molar refractivity (Wildman–Crippen MR) is 73.4 cm³/mol. The van der Waals surface area contributed by atoms with E-state index >= 15 is 0 Å². The van der Waals surface area contributed by atoms with E-state index in [2.05, 4.69) is 10.1 Å². The van der Waals surface area contributed by atoms with Gasteiger partial charge in [-0.3, -0.25) is 0 Å². The Bertz CT molecular complexity index is 589. The van der Waals surface area contributed by atoms with Gasteiger partial charge in [-0.2, -0.15) is 4.98 Å². The second-order valence-corrected chi connectivity index (χ2v) is 5.16. The van der Waals surface area contributed by atoms with Crippen molar-refractivity contribution in [2.75, 3.05) is 6.61 Å². The normalized spacial score (nSPS) is 19.1. The average molecular weight is 274 g/mol. The molecule has 1 saturated heterocycles. The summed E-state index contributed by atoms with van der Waals surface area (Å²) in [6.45, 7) is 2.65. The van der Waals surface area contributed by atoms with Crippen LogP contribution in [0.2, 0.25) is 0 Å². The Balaban J connectivity index is 1.77. The zero-order valence-electron chi connectivity index (χ0n) is 11.5. The molecular formula is C15H18N2O3. The van der Waals surface area contributed by atoms with Crippen LogP contribution in [-0.2, 0) is 11.2 Å². The second kappa shape index (κ2) is 5.63. The highest BCUT2D eigenvalue weighted by atomic mass is 16.5. The van der Waals surface area contributed by atoms with Crippen LogP contribution in [0.5, 0.6) is 5.75 Å². The van der Waals surface area contributed by atoms with Crippen molar-refractivity contribution in [2.24, 2.45) is 0 Å². The second-order valence-electron chi connectivity index (χ2n) is 5.16. The van der Waals surface area contributed by atoms with Gasteiger partial charge in [0.1, 0.15) is 5.75 Å². The molecule has 0 bridgehead atoms. The molecular weight excluding hydrogens is 256 g/mol. The molecule has 1 aliphatic heterocycles. The summed E-state index contributed by atoms with van der Waals surface area (Å²) in [6.07, 6.45) is 4.26. The number of phenolic OH excluding ortho intramolecular Hbond substituents is 1.